The third kappa shape index (κ3) is 2.80. The van der Waals surface area contributed by atoms with Crippen LogP contribution in [0.2, 0.25) is 0 Å². The van der Waals surface area contributed by atoms with Gasteiger partial charge >= 0.3 is 0 Å². The van der Waals surface area contributed by atoms with Gasteiger partial charge in [-0.1, -0.05) is 18.9 Å². The molecule has 1 saturated heterocycles. The van der Waals surface area contributed by atoms with Gasteiger partial charge in [0.1, 0.15) is 0 Å². The second kappa shape index (κ2) is 5.60. The van der Waals surface area contributed by atoms with Crippen molar-refractivity contribution in [2.24, 2.45) is 0 Å². The van der Waals surface area contributed by atoms with Gasteiger partial charge in [-0.05, 0) is 19.4 Å². The molecule has 0 amide bonds. The Morgan fingerprint density at radius 1 is 1.42 bits per heavy atom. The molecular weight excluding hydrogens is 170 g/mol. The minimum Gasteiger partial charge on any atom is -0.296 e. The molecule has 0 radical (unpaired) electrons. The van der Waals surface area contributed by atoms with Crippen LogP contribution >= 0.6 is 11.6 Å². The van der Waals surface area contributed by atoms with E-state index in [2.05, 4.69) is 11.5 Å². The predicted octanol–water partition coefficient (Wildman–Crippen LogP) is 2.66. The summed E-state index contributed by atoms with van der Waals surface area (Å²) in [6, 6.07) is 0.590. The minimum absolute atomic E-state index is 0.590. The highest BCUT2D eigenvalue weighted by Gasteiger charge is 2.18. The van der Waals surface area contributed by atoms with Gasteiger partial charge in [-0.25, -0.2) is 0 Å². The molecule has 0 spiro atoms. The average molecular weight is 188 g/mol. The average Bonchev–Trinajstić information content (AvgIpc) is 2.30. The highest BCUT2D eigenvalue weighted by atomic mass is 35.5. The van der Waals surface area contributed by atoms with Crippen LogP contribution in [0.1, 0.15) is 25.7 Å². The molecule has 1 unspecified atom stereocenters. The first-order chi connectivity index (χ1) is 5.88. The lowest BCUT2D eigenvalue weighted by molar-refractivity contribution is 0.240. The first-order valence-corrected chi connectivity index (χ1v) is 5.33. The zero-order valence-electron chi connectivity index (χ0n) is 7.64. The first-order valence-electron chi connectivity index (χ1n) is 4.79. The maximum atomic E-state index is 5.91. The third-order valence-electron chi connectivity index (χ3n) is 2.54. The number of alkyl halides is 1. The highest BCUT2D eigenvalue weighted by Crippen LogP contribution is 2.17. The molecule has 0 N–H and O–H groups in total. The summed E-state index contributed by atoms with van der Waals surface area (Å²) in [6.07, 6.45) is 7.26. The molecular formula is C10H18ClN. The maximum absolute atomic E-state index is 5.91. The van der Waals surface area contributed by atoms with Crippen molar-refractivity contribution in [2.75, 3.05) is 19.0 Å². The Morgan fingerprint density at radius 2 is 2.25 bits per heavy atom. The Labute approximate surface area is 80.4 Å². The van der Waals surface area contributed by atoms with Gasteiger partial charge in [0.05, 0.1) is 0 Å². The van der Waals surface area contributed by atoms with Gasteiger partial charge in [0.25, 0.3) is 0 Å². The van der Waals surface area contributed by atoms with E-state index in [0.29, 0.717) is 6.04 Å². The van der Waals surface area contributed by atoms with Gasteiger partial charge < -0.3 is 0 Å². The molecule has 0 saturated carbocycles. The van der Waals surface area contributed by atoms with Gasteiger partial charge in [0, 0.05) is 18.5 Å². The van der Waals surface area contributed by atoms with E-state index in [1.807, 2.05) is 6.08 Å². The topological polar surface area (TPSA) is 3.24 Å². The number of rotatable bonds is 3. The van der Waals surface area contributed by atoms with Crippen molar-refractivity contribution in [3.8, 4) is 0 Å². The Kier molecular flexibility index (Phi) is 4.70. The summed E-state index contributed by atoms with van der Waals surface area (Å²) < 4.78 is 0. The monoisotopic (exact) mass is 187 g/mol. The summed E-state index contributed by atoms with van der Waals surface area (Å²) in [7, 11) is 0. The normalized spacial score (nSPS) is 26.6. The number of hydrogen-bond acceptors (Lipinski definition) is 1. The predicted molar refractivity (Wildman–Crippen MR) is 54.7 cm³/mol. The molecule has 1 aliphatic rings. The van der Waals surface area contributed by atoms with Crippen LogP contribution in [-0.2, 0) is 0 Å². The van der Waals surface area contributed by atoms with E-state index in [4.69, 9.17) is 11.6 Å². The lowest BCUT2D eigenvalue weighted by atomic mass is 10.1. The zero-order chi connectivity index (χ0) is 8.81. The van der Waals surface area contributed by atoms with Crippen LogP contribution in [0.4, 0.5) is 0 Å². The molecule has 0 aromatic rings. The molecule has 0 aromatic carbocycles. The van der Waals surface area contributed by atoms with Gasteiger partial charge in [-0.15, -0.1) is 18.2 Å². The Morgan fingerprint density at radius 3 is 2.92 bits per heavy atom. The molecule has 1 rings (SSSR count). The lowest BCUT2D eigenvalue weighted by Crippen LogP contribution is -2.36. The van der Waals surface area contributed by atoms with Crippen molar-refractivity contribution in [1.82, 2.24) is 4.90 Å². The minimum atomic E-state index is 0.590. The van der Waals surface area contributed by atoms with Crippen molar-refractivity contribution < 1.29 is 0 Å². The second-order valence-corrected chi connectivity index (χ2v) is 3.75. The molecule has 0 bridgehead atoms. The van der Waals surface area contributed by atoms with Crippen molar-refractivity contribution >= 4 is 11.6 Å². The van der Waals surface area contributed by atoms with E-state index in [1.54, 1.807) is 0 Å². The molecule has 1 heterocycles. The Balaban J connectivity index is 2.44. The fourth-order valence-corrected chi connectivity index (χ4v) is 2.17. The number of likely N-dealkylation sites (tertiary alicyclic amines) is 1. The Hall–Kier alpha value is -0.0100. The molecule has 1 fully saturated rings. The largest absolute Gasteiger partial charge is 0.296 e. The molecule has 12 heavy (non-hydrogen) atoms. The van der Waals surface area contributed by atoms with Gasteiger partial charge in [-0.3, -0.25) is 4.90 Å². The molecule has 70 valence electrons. The number of nitrogens with zero attached hydrogens (tertiary/aromatic N) is 1. The standard InChI is InChI=1S/C10H18ClN/c1-2-7-12-8-5-3-4-6-10(12)9-11/h2,10H,1,3-9H2. The van der Waals surface area contributed by atoms with Gasteiger partial charge in [0.15, 0.2) is 0 Å². The van der Waals surface area contributed by atoms with E-state index < -0.39 is 0 Å². The maximum Gasteiger partial charge on any atom is 0.0379 e. The van der Waals surface area contributed by atoms with Crippen molar-refractivity contribution in [3.05, 3.63) is 12.7 Å². The molecule has 1 aliphatic heterocycles. The van der Waals surface area contributed by atoms with Crippen LogP contribution in [-0.4, -0.2) is 29.9 Å². The molecule has 0 aromatic heterocycles. The van der Waals surface area contributed by atoms with Crippen LogP contribution in [0.25, 0.3) is 0 Å². The zero-order valence-corrected chi connectivity index (χ0v) is 8.39. The summed E-state index contributed by atoms with van der Waals surface area (Å²) >= 11 is 5.91. The van der Waals surface area contributed by atoms with E-state index in [9.17, 15) is 0 Å². The summed E-state index contributed by atoms with van der Waals surface area (Å²) in [6.45, 7) is 5.96. The SMILES string of the molecule is C=CCN1CCCCCC1CCl. The van der Waals surface area contributed by atoms with Crippen LogP contribution in [0.5, 0.6) is 0 Å². The third-order valence-corrected chi connectivity index (χ3v) is 2.90. The van der Waals surface area contributed by atoms with E-state index in [-0.39, 0.29) is 0 Å². The highest BCUT2D eigenvalue weighted by molar-refractivity contribution is 6.18. The van der Waals surface area contributed by atoms with Crippen LogP contribution < -0.4 is 0 Å². The number of hydrogen-bond donors (Lipinski definition) is 0. The fraction of sp³-hybridized carbons (Fsp3) is 0.800. The molecule has 1 nitrogen and oxygen atoms in total. The van der Waals surface area contributed by atoms with Gasteiger partial charge in [-0.2, -0.15) is 0 Å². The van der Waals surface area contributed by atoms with Gasteiger partial charge in [0.2, 0.25) is 0 Å². The summed E-state index contributed by atoms with van der Waals surface area (Å²) in [5.41, 5.74) is 0. The smallest absolute Gasteiger partial charge is 0.0379 e. The van der Waals surface area contributed by atoms with E-state index in [1.165, 1.54) is 32.2 Å². The van der Waals surface area contributed by atoms with E-state index in [0.717, 1.165) is 12.4 Å². The second-order valence-electron chi connectivity index (χ2n) is 3.44. The summed E-state index contributed by atoms with van der Waals surface area (Å²) in [5, 5.41) is 0. The van der Waals surface area contributed by atoms with Crippen molar-refractivity contribution in [1.29, 1.82) is 0 Å². The molecule has 2 heteroatoms. The quantitative estimate of drug-likeness (QED) is 0.485. The van der Waals surface area contributed by atoms with Crippen molar-refractivity contribution in [3.63, 3.8) is 0 Å². The molecule has 0 aliphatic carbocycles. The summed E-state index contributed by atoms with van der Waals surface area (Å²) in [5.74, 6) is 0.772. The van der Waals surface area contributed by atoms with E-state index >= 15 is 0 Å². The van der Waals surface area contributed by atoms with Crippen LogP contribution in [0, 0.1) is 0 Å². The summed E-state index contributed by atoms with van der Waals surface area (Å²) in [4.78, 5) is 2.45. The lowest BCUT2D eigenvalue weighted by Gasteiger charge is -2.26. The molecule has 1 atom stereocenters. The van der Waals surface area contributed by atoms with Crippen LogP contribution in [0.15, 0.2) is 12.7 Å². The fourth-order valence-electron chi connectivity index (χ4n) is 1.82. The Bertz CT molecular complexity index is 136. The first kappa shape index (κ1) is 10.1. The van der Waals surface area contributed by atoms with Crippen molar-refractivity contribution in [2.45, 2.75) is 31.7 Å². The number of halogens is 1. The van der Waals surface area contributed by atoms with Crippen LogP contribution in [0.3, 0.4) is 0 Å².